The van der Waals surface area contributed by atoms with Crippen LogP contribution in [0.2, 0.25) is 0 Å². The van der Waals surface area contributed by atoms with Gasteiger partial charge in [0.15, 0.2) is 0 Å². The molecule has 2 rings (SSSR count). The summed E-state index contributed by atoms with van der Waals surface area (Å²) in [7, 11) is 0. The lowest BCUT2D eigenvalue weighted by molar-refractivity contribution is -0.120. The molecule has 0 saturated carbocycles. The van der Waals surface area contributed by atoms with E-state index in [0.29, 0.717) is 0 Å². The van der Waals surface area contributed by atoms with Gasteiger partial charge in [-0.05, 0) is 45.0 Å². The fraction of sp³-hybridized carbons (Fsp3) is 0.562. The van der Waals surface area contributed by atoms with Crippen LogP contribution in [0.5, 0.6) is 0 Å². The molecule has 21 heavy (non-hydrogen) atoms. The fourth-order valence-corrected chi connectivity index (χ4v) is 2.65. The van der Waals surface area contributed by atoms with Gasteiger partial charge in [-0.3, -0.25) is 9.69 Å². The molecule has 0 aliphatic carbocycles. The van der Waals surface area contributed by atoms with Crippen LogP contribution in [0.3, 0.4) is 0 Å². The SMILES string of the molecule is C[C@@H](C(=O)Nc1ccc(F)cc1F)N1CCCCCCC1. The highest BCUT2D eigenvalue weighted by Gasteiger charge is 2.22. The molecule has 1 atom stereocenters. The molecule has 1 aromatic rings. The Balaban J connectivity index is 1.97. The Morgan fingerprint density at radius 2 is 1.76 bits per heavy atom. The van der Waals surface area contributed by atoms with Gasteiger partial charge in [0, 0.05) is 6.07 Å². The quantitative estimate of drug-likeness (QED) is 0.925. The van der Waals surface area contributed by atoms with E-state index in [-0.39, 0.29) is 17.6 Å². The normalized spacial score (nSPS) is 18.6. The van der Waals surface area contributed by atoms with E-state index in [2.05, 4.69) is 10.2 Å². The summed E-state index contributed by atoms with van der Waals surface area (Å²) in [5, 5.41) is 2.55. The van der Waals surface area contributed by atoms with Gasteiger partial charge in [-0.2, -0.15) is 0 Å². The molecule has 0 radical (unpaired) electrons. The summed E-state index contributed by atoms with van der Waals surface area (Å²) in [6.07, 6.45) is 5.81. The molecule has 116 valence electrons. The maximum atomic E-state index is 13.6. The van der Waals surface area contributed by atoms with Crippen LogP contribution in [-0.2, 0) is 4.79 Å². The van der Waals surface area contributed by atoms with Gasteiger partial charge in [0.2, 0.25) is 5.91 Å². The number of carbonyl (C=O) groups is 1. The molecule has 3 nitrogen and oxygen atoms in total. The number of carbonyl (C=O) groups excluding carboxylic acids is 1. The van der Waals surface area contributed by atoms with Crippen molar-refractivity contribution in [2.45, 2.75) is 45.1 Å². The molecule has 1 aromatic carbocycles. The first-order valence-electron chi connectivity index (χ1n) is 7.58. The van der Waals surface area contributed by atoms with Crippen molar-refractivity contribution in [3.8, 4) is 0 Å². The van der Waals surface area contributed by atoms with Crippen molar-refractivity contribution >= 4 is 11.6 Å². The van der Waals surface area contributed by atoms with Crippen LogP contribution >= 0.6 is 0 Å². The molecule has 0 aromatic heterocycles. The second-order valence-electron chi connectivity index (χ2n) is 5.59. The number of rotatable bonds is 3. The maximum absolute atomic E-state index is 13.6. The predicted octanol–water partition coefficient (Wildman–Crippen LogP) is 3.56. The number of halogens is 2. The monoisotopic (exact) mass is 296 g/mol. The Bertz CT molecular complexity index is 485. The van der Waals surface area contributed by atoms with Gasteiger partial charge in [0.25, 0.3) is 0 Å². The highest BCUT2D eigenvalue weighted by molar-refractivity contribution is 5.94. The number of hydrogen-bond donors (Lipinski definition) is 1. The molecule has 1 fully saturated rings. The van der Waals surface area contributed by atoms with Crippen molar-refractivity contribution in [1.82, 2.24) is 4.90 Å². The standard InChI is InChI=1S/C16H22F2N2O/c1-12(20-9-5-3-2-4-6-10-20)16(21)19-15-8-7-13(17)11-14(15)18/h7-8,11-12H,2-6,9-10H2,1H3,(H,19,21)/t12-/m0/s1. The van der Waals surface area contributed by atoms with E-state index < -0.39 is 11.6 Å². The first-order chi connectivity index (χ1) is 10.1. The topological polar surface area (TPSA) is 32.3 Å². The summed E-state index contributed by atoms with van der Waals surface area (Å²) >= 11 is 0. The Morgan fingerprint density at radius 1 is 1.14 bits per heavy atom. The average Bonchev–Trinajstić information content (AvgIpc) is 2.41. The molecule has 0 unspecified atom stereocenters. The Kier molecular flexibility index (Phi) is 5.67. The lowest BCUT2D eigenvalue weighted by atomic mass is 10.1. The van der Waals surface area contributed by atoms with Gasteiger partial charge < -0.3 is 5.32 Å². The van der Waals surface area contributed by atoms with Crippen LogP contribution in [-0.4, -0.2) is 29.9 Å². The summed E-state index contributed by atoms with van der Waals surface area (Å²) < 4.78 is 26.4. The minimum Gasteiger partial charge on any atom is -0.322 e. The smallest absolute Gasteiger partial charge is 0.241 e. The van der Waals surface area contributed by atoms with Crippen molar-refractivity contribution in [3.05, 3.63) is 29.8 Å². The minimum atomic E-state index is -0.747. The van der Waals surface area contributed by atoms with Crippen molar-refractivity contribution in [3.63, 3.8) is 0 Å². The highest BCUT2D eigenvalue weighted by Crippen LogP contribution is 2.17. The van der Waals surface area contributed by atoms with Crippen LogP contribution in [0, 0.1) is 11.6 Å². The number of nitrogens with one attached hydrogen (secondary N) is 1. The van der Waals surface area contributed by atoms with Gasteiger partial charge in [-0.15, -0.1) is 0 Å². The average molecular weight is 296 g/mol. The molecule has 1 N–H and O–H groups in total. The van der Waals surface area contributed by atoms with Gasteiger partial charge in [-0.25, -0.2) is 8.78 Å². The number of nitrogens with zero attached hydrogens (tertiary/aromatic N) is 1. The zero-order chi connectivity index (χ0) is 15.2. The third-order valence-electron chi connectivity index (χ3n) is 4.01. The van der Waals surface area contributed by atoms with Crippen molar-refractivity contribution in [2.75, 3.05) is 18.4 Å². The Hall–Kier alpha value is -1.49. The molecule has 1 heterocycles. The lowest BCUT2D eigenvalue weighted by Gasteiger charge is -2.29. The largest absolute Gasteiger partial charge is 0.322 e. The molecule has 0 bridgehead atoms. The molecular formula is C16H22F2N2O. The molecule has 0 spiro atoms. The zero-order valence-corrected chi connectivity index (χ0v) is 12.4. The second kappa shape index (κ2) is 7.50. The van der Waals surface area contributed by atoms with Crippen LogP contribution in [0.15, 0.2) is 18.2 Å². The molecule has 1 aliphatic rings. The number of likely N-dealkylation sites (tertiary alicyclic amines) is 1. The zero-order valence-electron chi connectivity index (χ0n) is 12.4. The number of anilines is 1. The fourth-order valence-electron chi connectivity index (χ4n) is 2.65. The molecule has 1 aliphatic heterocycles. The van der Waals surface area contributed by atoms with Crippen molar-refractivity contribution in [1.29, 1.82) is 0 Å². The summed E-state index contributed by atoms with van der Waals surface area (Å²) in [6, 6.07) is 2.85. The summed E-state index contributed by atoms with van der Waals surface area (Å²) in [6.45, 7) is 3.61. The number of benzene rings is 1. The van der Waals surface area contributed by atoms with Crippen molar-refractivity contribution in [2.24, 2.45) is 0 Å². The predicted molar refractivity (Wildman–Crippen MR) is 79.1 cm³/mol. The van der Waals surface area contributed by atoms with E-state index >= 15 is 0 Å². The minimum absolute atomic E-state index is 0.0281. The van der Waals surface area contributed by atoms with Gasteiger partial charge >= 0.3 is 0 Å². The Labute approximate surface area is 124 Å². The van der Waals surface area contributed by atoms with Crippen LogP contribution in [0.4, 0.5) is 14.5 Å². The van der Waals surface area contributed by atoms with Crippen LogP contribution in [0.1, 0.15) is 39.0 Å². The van der Waals surface area contributed by atoms with E-state index in [1.54, 1.807) is 0 Å². The first-order valence-corrected chi connectivity index (χ1v) is 7.58. The third kappa shape index (κ3) is 4.49. The summed E-state index contributed by atoms with van der Waals surface area (Å²) in [5.74, 6) is -1.65. The van der Waals surface area contributed by atoms with E-state index in [0.717, 1.165) is 38.1 Å². The summed E-state index contributed by atoms with van der Waals surface area (Å²) in [4.78, 5) is 14.4. The van der Waals surface area contributed by atoms with Crippen LogP contribution < -0.4 is 5.32 Å². The molecule has 1 amide bonds. The highest BCUT2D eigenvalue weighted by atomic mass is 19.1. The van der Waals surface area contributed by atoms with Crippen molar-refractivity contribution < 1.29 is 13.6 Å². The van der Waals surface area contributed by atoms with Crippen LogP contribution in [0.25, 0.3) is 0 Å². The van der Waals surface area contributed by atoms with E-state index in [1.807, 2.05) is 6.92 Å². The maximum Gasteiger partial charge on any atom is 0.241 e. The van der Waals surface area contributed by atoms with Gasteiger partial charge in [0.05, 0.1) is 11.7 Å². The molecule has 1 saturated heterocycles. The Morgan fingerprint density at radius 3 is 2.38 bits per heavy atom. The number of hydrogen-bond acceptors (Lipinski definition) is 2. The number of amides is 1. The molecule has 5 heteroatoms. The first kappa shape index (κ1) is 15.9. The van der Waals surface area contributed by atoms with Gasteiger partial charge in [0.1, 0.15) is 11.6 Å². The summed E-state index contributed by atoms with van der Waals surface area (Å²) in [5.41, 5.74) is 0.0281. The van der Waals surface area contributed by atoms with E-state index in [1.165, 1.54) is 25.3 Å². The lowest BCUT2D eigenvalue weighted by Crippen LogP contribution is -2.43. The third-order valence-corrected chi connectivity index (χ3v) is 4.01. The van der Waals surface area contributed by atoms with E-state index in [9.17, 15) is 13.6 Å². The second-order valence-corrected chi connectivity index (χ2v) is 5.59. The molecular weight excluding hydrogens is 274 g/mol. The van der Waals surface area contributed by atoms with E-state index in [4.69, 9.17) is 0 Å². The van der Waals surface area contributed by atoms with Gasteiger partial charge in [-0.1, -0.05) is 19.3 Å².